The molecule has 7 nitrogen and oxygen atoms in total. The Morgan fingerprint density at radius 3 is 2.81 bits per heavy atom. The summed E-state index contributed by atoms with van der Waals surface area (Å²) in [4.78, 5) is 22.7. The van der Waals surface area contributed by atoms with Gasteiger partial charge in [-0.15, -0.1) is 0 Å². The maximum Gasteiger partial charge on any atom is 0.311 e. The molecule has 9 heteroatoms. The van der Waals surface area contributed by atoms with Crippen LogP contribution in [0.5, 0.6) is 0 Å². The number of fused-ring (bicyclic) bond motifs is 2. The fraction of sp³-hybridized carbons (Fsp3) is 0.529. The van der Waals surface area contributed by atoms with Crippen LogP contribution in [-0.2, 0) is 26.0 Å². The number of nitrogens with one attached hydrogen (secondary N) is 1. The molecule has 4 rings (SSSR count). The van der Waals surface area contributed by atoms with Crippen LogP contribution in [0.4, 0.5) is 10.1 Å². The molecule has 2 N–H and O–H groups in total. The van der Waals surface area contributed by atoms with Crippen LogP contribution in [0.25, 0.3) is 0 Å². The molecule has 1 aliphatic carbocycles. The number of carboxylic acids is 1. The standard InChI is InChI=1S/C17H19FN2O5S/c18-12-7-13-10(3-4-15(21)19-13)6-14(12)26(24,25)20-8-11-2-1-5-17(11,9-20)16(22)23/h6-7,11H,1-5,8-9H2,(H,19,21)(H,22,23)/t11-,17+/m0/s1. The summed E-state index contributed by atoms with van der Waals surface area (Å²) in [6.07, 6.45) is 2.42. The van der Waals surface area contributed by atoms with E-state index in [2.05, 4.69) is 5.32 Å². The SMILES string of the molecule is O=C1CCc2cc(S(=O)(=O)N3C[C@@H]4CCC[C@@]4(C(=O)O)C3)c(F)cc2N1. The van der Waals surface area contributed by atoms with Crippen molar-refractivity contribution in [1.82, 2.24) is 4.31 Å². The molecule has 1 aromatic carbocycles. The molecule has 3 aliphatic rings. The zero-order valence-corrected chi connectivity index (χ0v) is 14.8. The normalized spacial score (nSPS) is 28.5. The summed E-state index contributed by atoms with van der Waals surface area (Å²) in [5, 5.41) is 12.2. The molecule has 1 aromatic rings. The van der Waals surface area contributed by atoms with Crippen molar-refractivity contribution in [3.05, 3.63) is 23.5 Å². The quantitative estimate of drug-likeness (QED) is 0.826. The van der Waals surface area contributed by atoms with Crippen molar-refractivity contribution in [3.63, 3.8) is 0 Å². The van der Waals surface area contributed by atoms with E-state index in [4.69, 9.17) is 0 Å². The van der Waals surface area contributed by atoms with Gasteiger partial charge in [-0.05, 0) is 42.9 Å². The number of rotatable bonds is 3. The first kappa shape index (κ1) is 17.4. The number of carbonyl (C=O) groups is 2. The molecule has 1 amide bonds. The highest BCUT2D eigenvalue weighted by Gasteiger charge is 2.57. The van der Waals surface area contributed by atoms with Crippen LogP contribution in [0.3, 0.4) is 0 Å². The molecule has 0 bridgehead atoms. The summed E-state index contributed by atoms with van der Waals surface area (Å²) in [6, 6.07) is 2.30. The van der Waals surface area contributed by atoms with E-state index >= 15 is 0 Å². The van der Waals surface area contributed by atoms with E-state index in [0.29, 0.717) is 24.8 Å². The van der Waals surface area contributed by atoms with Gasteiger partial charge < -0.3 is 10.4 Å². The fourth-order valence-electron chi connectivity index (χ4n) is 4.49. The number of hydrogen-bond donors (Lipinski definition) is 2. The van der Waals surface area contributed by atoms with Crippen molar-refractivity contribution in [1.29, 1.82) is 0 Å². The Kier molecular flexibility index (Phi) is 3.85. The summed E-state index contributed by atoms with van der Waals surface area (Å²) in [7, 11) is -4.15. The third-order valence-corrected chi connectivity index (χ3v) is 7.76. The maximum absolute atomic E-state index is 14.5. The van der Waals surface area contributed by atoms with E-state index in [9.17, 15) is 27.5 Å². The Bertz CT molecular complexity index is 916. The lowest BCUT2D eigenvalue weighted by Gasteiger charge is -2.24. The second-order valence-corrected chi connectivity index (χ2v) is 9.24. The van der Waals surface area contributed by atoms with E-state index in [-0.39, 0.29) is 37.0 Å². The maximum atomic E-state index is 14.5. The molecule has 1 saturated carbocycles. The van der Waals surface area contributed by atoms with E-state index in [1.807, 2.05) is 0 Å². The summed E-state index contributed by atoms with van der Waals surface area (Å²) in [6.45, 7) is -0.0233. The van der Waals surface area contributed by atoms with Gasteiger partial charge in [0.05, 0.1) is 5.41 Å². The van der Waals surface area contributed by atoms with Crippen LogP contribution in [0.15, 0.2) is 17.0 Å². The molecule has 0 spiro atoms. The van der Waals surface area contributed by atoms with Crippen LogP contribution in [0, 0.1) is 17.2 Å². The van der Waals surface area contributed by atoms with Crippen molar-refractivity contribution >= 4 is 27.6 Å². The van der Waals surface area contributed by atoms with Gasteiger partial charge in [-0.3, -0.25) is 9.59 Å². The van der Waals surface area contributed by atoms with Crippen LogP contribution < -0.4 is 5.32 Å². The molecule has 0 unspecified atom stereocenters. The Labute approximate surface area is 150 Å². The molecule has 0 radical (unpaired) electrons. The van der Waals surface area contributed by atoms with Gasteiger partial charge >= 0.3 is 5.97 Å². The molecular weight excluding hydrogens is 363 g/mol. The molecule has 2 aliphatic heterocycles. The third-order valence-electron chi connectivity index (χ3n) is 5.94. The number of benzene rings is 1. The zero-order valence-electron chi connectivity index (χ0n) is 14.0. The lowest BCUT2D eigenvalue weighted by Crippen LogP contribution is -2.37. The largest absolute Gasteiger partial charge is 0.481 e. The molecule has 0 aromatic heterocycles. The number of anilines is 1. The van der Waals surface area contributed by atoms with Gasteiger partial charge in [0.15, 0.2) is 0 Å². The number of aryl methyl sites for hydroxylation is 1. The number of hydrogen-bond acceptors (Lipinski definition) is 4. The highest BCUT2D eigenvalue weighted by Crippen LogP contribution is 2.50. The van der Waals surface area contributed by atoms with Crippen LogP contribution in [0.1, 0.15) is 31.2 Å². The highest BCUT2D eigenvalue weighted by atomic mass is 32.2. The van der Waals surface area contributed by atoms with Crippen molar-refractivity contribution in [2.45, 2.75) is 37.0 Å². The minimum Gasteiger partial charge on any atom is -0.481 e. The second-order valence-electron chi connectivity index (χ2n) is 7.34. The summed E-state index contributed by atoms with van der Waals surface area (Å²) < 4.78 is 41.6. The molecular formula is C17H19FN2O5S. The lowest BCUT2D eigenvalue weighted by atomic mass is 9.81. The van der Waals surface area contributed by atoms with Crippen LogP contribution in [0.2, 0.25) is 0 Å². The summed E-state index contributed by atoms with van der Waals surface area (Å²) in [5.74, 6) is -2.39. The average molecular weight is 382 g/mol. The fourth-order valence-corrected chi connectivity index (χ4v) is 6.14. The summed E-state index contributed by atoms with van der Waals surface area (Å²) >= 11 is 0. The van der Waals surface area contributed by atoms with Gasteiger partial charge in [0.25, 0.3) is 0 Å². The minimum absolute atomic E-state index is 0.0991. The first-order valence-corrected chi connectivity index (χ1v) is 10.0. The molecule has 2 atom stereocenters. The Morgan fingerprint density at radius 1 is 1.35 bits per heavy atom. The lowest BCUT2D eigenvalue weighted by molar-refractivity contribution is -0.149. The van der Waals surface area contributed by atoms with Crippen LogP contribution >= 0.6 is 0 Å². The Hall–Kier alpha value is -2.00. The van der Waals surface area contributed by atoms with Gasteiger partial charge in [0, 0.05) is 25.2 Å². The molecule has 2 heterocycles. The zero-order chi connectivity index (χ0) is 18.7. The van der Waals surface area contributed by atoms with E-state index in [1.165, 1.54) is 6.07 Å². The Morgan fingerprint density at radius 2 is 2.12 bits per heavy atom. The smallest absolute Gasteiger partial charge is 0.311 e. The van der Waals surface area contributed by atoms with Gasteiger partial charge in [-0.25, -0.2) is 12.8 Å². The number of aliphatic carboxylic acids is 1. The monoisotopic (exact) mass is 382 g/mol. The molecule has 140 valence electrons. The number of carbonyl (C=O) groups excluding carboxylic acids is 1. The van der Waals surface area contributed by atoms with Gasteiger partial charge in [-0.1, -0.05) is 6.42 Å². The predicted octanol–water partition coefficient (Wildman–Crippen LogP) is 1.59. The third kappa shape index (κ3) is 2.44. The van der Waals surface area contributed by atoms with E-state index < -0.39 is 32.1 Å². The first-order chi connectivity index (χ1) is 12.2. The number of halogens is 1. The van der Waals surface area contributed by atoms with Crippen molar-refractivity contribution in [2.24, 2.45) is 11.3 Å². The number of sulfonamides is 1. The van der Waals surface area contributed by atoms with E-state index in [0.717, 1.165) is 16.8 Å². The minimum atomic E-state index is -4.15. The van der Waals surface area contributed by atoms with Crippen molar-refractivity contribution < 1.29 is 27.5 Å². The van der Waals surface area contributed by atoms with Crippen LogP contribution in [-0.4, -0.2) is 42.8 Å². The highest BCUT2D eigenvalue weighted by molar-refractivity contribution is 7.89. The van der Waals surface area contributed by atoms with Gasteiger partial charge in [0.1, 0.15) is 10.7 Å². The van der Waals surface area contributed by atoms with Crippen molar-refractivity contribution in [2.75, 3.05) is 18.4 Å². The molecule has 1 saturated heterocycles. The number of nitrogens with zero attached hydrogens (tertiary/aromatic N) is 1. The van der Waals surface area contributed by atoms with Gasteiger partial charge in [-0.2, -0.15) is 4.31 Å². The average Bonchev–Trinajstić information content (AvgIpc) is 3.12. The summed E-state index contributed by atoms with van der Waals surface area (Å²) in [5.41, 5.74) is -0.207. The first-order valence-electron chi connectivity index (χ1n) is 8.60. The predicted molar refractivity (Wildman–Crippen MR) is 89.5 cm³/mol. The molecule has 26 heavy (non-hydrogen) atoms. The second kappa shape index (κ2) is 5.75. The molecule has 2 fully saturated rings. The number of amides is 1. The van der Waals surface area contributed by atoms with Gasteiger partial charge in [0.2, 0.25) is 15.9 Å². The number of carboxylic acid groups (broad SMARTS) is 1. The Balaban J connectivity index is 1.70. The topological polar surface area (TPSA) is 104 Å². The van der Waals surface area contributed by atoms with Crippen molar-refractivity contribution in [3.8, 4) is 0 Å². The van der Waals surface area contributed by atoms with E-state index in [1.54, 1.807) is 0 Å².